The van der Waals surface area contributed by atoms with E-state index < -0.39 is 10.8 Å². The monoisotopic (exact) mass is 314 g/mol. The summed E-state index contributed by atoms with van der Waals surface area (Å²) in [6.07, 6.45) is 2.12. The van der Waals surface area contributed by atoms with Crippen molar-refractivity contribution in [2.24, 2.45) is 5.92 Å². The number of carbonyl (C=O) groups excluding carboxylic acids is 1. The zero-order valence-electron chi connectivity index (χ0n) is 12.3. The average Bonchev–Trinajstić information content (AvgIpc) is 2.68. The molecule has 0 saturated carbocycles. The van der Waals surface area contributed by atoms with E-state index in [1.54, 1.807) is 11.3 Å². The lowest BCUT2D eigenvalue weighted by molar-refractivity contribution is -0.129. The van der Waals surface area contributed by atoms with Crippen molar-refractivity contribution in [3.05, 3.63) is 15.6 Å². The third-order valence-corrected chi connectivity index (χ3v) is 6.15. The summed E-state index contributed by atoms with van der Waals surface area (Å²) in [6, 6.07) is 0. The first-order valence-corrected chi connectivity index (χ1v) is 9.32. The van der Waals surface area contributed by atoms with E-state index in [2.05, 4.69) is 11.9 Å². The molecule has 1 atom stereocenters. The van der Waals surface area contributed by atoms with Crippen LogP contribution in [0.1, 0.15) is 35.3 Å². The molecule has 0 bridgehead atoms. The summed E-state index contributed by atoms with van der Waals surface area (Å²) in [7, 11) is -1.13. The minimum absolute atomic E-state index is 0.0362. The van der Waals surface area contributed by atoms with Gasteiger partial charge in [0.05, 0.1) is 16.5 Å². The number of aromatic nitrogens is 1. The fraction of sp³-hybridized carbons (Fsp3) is 0.714. The molecule has 1 aromatic rings. The Balaban J connectivity index is 1.85. The lowest BCUT2D eigenvalue weighted by Crippen LogP contribution is -2.40. The quantitative estimate of drug-likeness (QED) is 0.856. The summed E-state index contributed by atoms with van der Waals surface area (Å²) in [5, 5.41) is 0.992. The second kappa shape index (κ2) is 6.80. The van der Waals surface area contributed by atoms with Gasteiger partial charge in [0, 0.05) is 28.8 Å². The van der Waals surface area contributed by atoms with Crippen LogP contribution in [0.5, 0.6) is 0 Å². The molecule has 4 nitrogen and oxygen atoms in total. The largest absolute Gasteiger partial charge is 0.342 e. The molecule has 2 rings (SSSR count). The molecule has 0 spiro atoms. The molecule has 112 valence electrons. The van der Waals surface area contributed by atoms with E-state index in [1.165, 1.54) is 0 Å². The highest BCUT2D eigenvalue weighted by Gasteiger charge is 2.22. The van der Waals surface area contributed by atoms with Crippen LogP contribution in [-0.2, 0) is 21.3 Å². The van der Waals surface area contributed by atoms with Crippen molar-refractivity contribution in [1.29, 1.82) is 0 Å². The van der Waals surface area contributed by atoms with Gasteiger partial charge in [0.15, 0.2) is 0 Å². The third kappa shape index (κ3) is 4.12. The molecule has 1 saturated heterocycles. The van der Waals surface area contributed by atoms with Gasteiger partial charge in [-0.15, -0.1) is 11.3 Å². The molecule has 0 radical (unpaired) electrons. The van der Waals surface area contributed by atoms with Gasteiger partial charge >= 0.3 is 0 Å². The molecule has 1 aromatic heterocycles. The van der Waals surface area contributed by atoms with Crippen molar-refractivity contribution < 1.29 is 9.00 Å². The summed E-state index contributed by atoms with van der Waals surface area (Å²) in [6.45, 7) is 7.73. The number of likely N-dealkylation sites (tertiary alicyclic amines) is 1. The Morgan fingerprint density at radius 3 is 2.60 bits per heavy atom. The van der Waals surface area contributed by atoms with E-state index in [1.807, 2.05) is 18.7 Å². The standard InChI is InChI=1S/C14H22N2O2S2/c1-10-4-6-16(7-5-10)14(17)9-20(18)8-13-11(2)15-12(3)19-13/h10H,4-9H2,1-3H3. The fourth-order valence-electron chi connectivity index (χ4n) is 2.39. The number of hydrogen-bond donors (Lipinski definition) is 0. The molecule has 1 aliphatic heterocycles. The number of piperidine rings is 1. The molecule has 1 unspecified atom stereocenters. The summed E-state index contributed by atoms with van der Waals surface area (Å²) < 4.78 is 12.1. The van der Waals surface area contributed by atoms with Gasteiger partial charge in [-0.1, -0.05) is 6.92 Å². The number of carbonyl (C=O) groups is 1. The lowest BCUT2D eigenvalue weighted by atomic mass is 9.99. The van der Waals surface area contributed by atoms with Crippen molar-refractivity contribution in [3.63, 3.8) is 0 Å². The Morgan fingerprint density at radius 2 is 2.05 bits per heavy atom. The molecular formula is C14H22N2O2S2. The normalized spacial score (nSPS) is 18.2. The van der Waals surface area contributed by atoms with E-state index in [0.29, 0.717) is 11.7 Å². The number of thiazole rings is 1. The van der Waals surface area contributed by atoms with Crippen molar-refractivity contribution >= 4 is 28.0 Å². The van der Waals surface area contributed by atoms with Crippen molar-refractivity contribution in [3.8, 4) is 0 Å². The second-order valence-electron chi connectivity index (χ2n) is 5.53. The van der Waals surface area contributed by atoms with Gasteiger partial charge in [-0.3, -0.25) is 9.00 Å². The molecule has 1 fully saturated rings. The molecular weight excluding hydrogens is 292 g/mol. The highest BCUT2D eigenvalue weighted by atomic mass is 32.2. The molecule has 6 heteroatoms. The second-order valence-corrected chi connectivity index (χ2v) is 8.28. The van der Waals surface area contributed by atoms with Gasteiger partial charge in [-0.2, -0.15) is 0 Å². The van der Waals surface area contributed by atoms with Gasteiger partial charge in [0.25, 0.3) is 0 Å². The van der Waals surface area contributed by atoms with Crippen molar-refractivity contribution in [1.82, 2.24) is 9.88 Å². The highest BCUT2D eigenvalue weighted by molar-refractivity contribution is 7.85. The summed E-state index contributed by atoms with van der Waals surface area (Å²) >= 11 is 1.58. The fourth-order valence-corrected chi connectivity index (χ4v) is 4.82. The van der Waals surface area contributed by atoms with Crippen LogP contribution in [-0.4, -0.2) is 38.8 Å². The number of amides is 1. The first kappa shape index (κ1) is 15.6. The minimum Gasteiger partial charge on any atom is -0.342 e. The Kier molecular flexibility index (Phi) is 5.32. The van der Waals surface area contributed by atoms with Crippen LogP contribution in [0.2, 0.25) is 0 Å². The highest BCUT2D eigenvalue weighted by Crippen LogP contribution is 2.20. The number of hydrogen-bond acceptors (Lipinski definition) is 4. The maximum atomic E-state index is 12.1. The number of aryl methyl sites for hydroxylation is 2. The van der Waals surface area contributed by atoms with Crippen LogP contribution in [0.15, 0.2) is 0 Å². The molecule has 1 amide bonds. The van der Waals surface area contributed by atoms with Gasteiger partial charge in [-0.25, -0.2) is 4.98 Å². The predicted octanol–water partition coefficient (Wildman–Crippen LogP) is 2.27. The zero-order chi connectivity index (χ0) is 14.7. The maximum Gasteiger partial charge on any atom is 0.235 e. The first-order chi connectivity index (χ1) is 9.45. The summed E-state index contributed by atoms with van der Waals surface area (Å²) in [5.41, 5.74) is 0.945. The molecule has 0 aromatic carbocycles. The van der Waals surface area contributed by atoms with E-state index in [9.17, 15) is 9.00 Å². The van der Waals surface area contributed by atoms with Crippen LogP contribution < -0.4 is 0 Å². The Morgan fingerprint density at radius 1 is 1.40 bits per heavy atom. The molecule has 0 aliphatic carbocycles. The molecule has 2 heterocycles. The smallest absolute Gasteiger partial charge is 0.235 e. The van der Waals surface area contributed by atoms with Gasteiger partial charge in [0.1, 0.15) is 5.75 Å². The number of nitrogens with zero attached hydrogens (tertiary/aromatic N) is 2. The van der Waals surface area contributed by atoms with E-state index in [0.717, 1.165) is 41.5 Å². The van der Waals surface area contributed by atoms with E-state index >= 15 is 0 Å². The van der Waals surface area contributed by atoms with E-state index in [-0.39, 0.29) is 11.7 Å². The Hall–Kier alpha value is -0.750. The van der Waals surface area contributed by atoms with Crippen LogP contribution >= 0.6 is 11.3 Å². The molecule has 20 heavy (non-hydrogen) atoms. The first-order valence-electron chi connectivity index (χ1n) is 7.01. The summed E-state index contributed by atoms with van der Waals surface area (Å²) in [4.78, 5) is 19.4. The minimum atomic E-state index is -1.13. The van der Waals surface area contributed by atoms with Crippen LogP contribution in [0.25, 0.3) is 0 Å². The SMILES string of the molecule is Cc1nc(C)c(CS(=O)CC(=O)N2CCC(C)CC2)s1. The maximum absolute atomic E-state index is 12.1. The third-order valence-electron chi connectivity index (χ3n) is 3.71. The lowest BCUT2D eigenvalue weighted by Gasteiger charge is -2.30. The van der Waals surface area contributed by atoms with E-state index in [4.69, 9.17) is 0 Å². The Bertz CT molecular complexity index is 505. The topological polar surface area (TPSA) is 50.3 Å². The summed E-state index contributed by atoms with van der Waals surface area (Å²) in [5.74, 6) is 1.33. The van der Waals surface area contributed by atoms with Gasteiger partial charge in [-0.05, 0) is 32.6 Å². The Labute approximate surface area is 127 Å². The van der Waals surface area contributed by atoms with Crippen LogP contribution in [0, 0.1) is 19.8 Å². The molecule has 1 aliphatic rings. The van der Waals surface area contributed by atoms with Gasteiger partial charge < -0.3 is 4.90 Å². The van der Waals surface area contributed by atoms with Gasteiger partial charge in [0.2, 0.25) is 5.91 Å². The average molecular weight is 314 g/mol. The van der Waals surface area contributed by atoms with Crippen molar-refractivity contribution in [2.45, 2.75) is 39.4 Å². The van der Waals surface area contributed by atoms with Crippen LogP contribution in [0.3, 0.4) is 0 Å². The zero-order valence-corrected chi connectivity index (χ0v) is 14.0. The van der Waals surface area contributed by atoms with Crippen molar-refractivity contribution in [2.75, 3.05) is 18.8 Å². The molecule has 0 N–H and O–H groups in total. The van der Waals surface area contributed by atoms with Crippen LogP contribution in [0.4, 0.5) is 0 Å². The predicted molar refractivity (Wildman–Crippen MR) is 83.3 cm³/mol. The number of rotatable bonds is 4.